The van der Waals surface area contributed by atoms with Gasteiger partial charge in [-0.25, -0.2) is 19.3 Å². The van der Waals surface area contributed by atoms with Gasteiger partial charge in [0.25, 0.3) is 5.82 Å². The fourth-order valence-corrected chi connectivity index (χ4v) is 4.24. The van der Waals surface area contributed by atoms with Crippen LogP contribution in [0.5, 0.6) is 0 Å². The average molecular weight is 229 g/mol. The van der Waals surface area contributed by atoms with E-state index in [9.17, 15) is 0 Å². The third-order valence-electron chi connectivity index (χ3n) is 4.78. The summed E-state index contributed by atoms with van der Waals surface area (Å²) < 4.78 is 2.46. The van der Waals surface area contributed by atoms with Gasteiger partial charge in [-0.1, -0.05) is 0 Å². The SMILES string of the molecule is c1cc2c3[n+](c1)CC1CN4CCCN(C2)C4N31. The largest absolute Gasteiger partial charge is 0.284 e. The van der Waals surface area contributed by atoms with Crippen LogP contribution in [0, 0.1) is 0 Å². The van der Waals surface area contributed by atoms with Crippen LogP contribution in [-0.2, 0) is 13.1 Å². The number of hydrogen-bond donors (Lipinski definition) is 0. The standard InChI is InChI=1S/C13H17N4/c1-3-10-7-15-5-2-6-16-9-11-8-14(4-1)12(10)17(11)13(15)16/h1,3-4,11,13H,2,5-9H2/q+1. The number of rotatable bonds is 0. The zero-order chi connectivity index (χ0) is 11.0. The summed E-state index contributed by atoms with van der Waals surface area (Å²) in [5.74, 6) is 1.50. The van der Waals surface area contributed by atoms with E-state index >= 15 is 0 Å². The minimum Gasteiger partial charge on any atom is -0.247 e. The van der Waals surface area contributed by atoms with Gasteiger partial charge < -0.3 is 0 Å². The molecule has 0 bridgehead atoms. The fraction of sp³-hybridized carbons (Fsp3) is 0.615. The summed E-state index contributed by atoms with van der Waals surface area (Å²) in [7, 11) is 0. The third-order valence-corrected chi connectivity index (χ3v) is 4.78. The van der Waals surface area contributed by atoms with Gasteiger partial charge in [-0.15, -0.1) is 0 Å². The molecule has 5 rings (SSSR count). The first kappa shape index (κ1) is 8.89. The van der Waals surface area contributed by atoms with Crippen LogP contribution in [0.4, 0.5) is 5.82 Å². The summed E-state index contributed by atoms with van der Waals surface area (Å²) in [5, 5.41) is 0. The van der Waals surface area contributed by atoms with Crippen molar-refractivity contribution in [2.45, 2.75) is 31.8 Å². The van der Waals surface area contributed by atoms with E-state index in [0.29, 0.717) is 12.3 Å². The Morgan fingerprint density at radius 3 is 3.18 bits per heavy atom. The molecule has 2 unspecified atom stereocenters. The Morgan fingerprint density at radius 2 is 2.18 bits per heavy atom. The van der Waals surface area contributed by atoms with Crippen LogP contribution >= 0.6 is 0 Å². The topological polar surface area (TPSA) is 13.6 Å². The molecule has 4 aliphatic heterocycles. The van der Waals surface area contributed by atoms with Crippen molar-refractivity contribution < 1.29 is 4.57 Å². The molecule has 0 saturated carbocycles. The second kappa shape index (κ2) is 2.82. The first-order chi connectivity index (χ1) is 8.42. The van der Waals surface area contributed by atoms with Crippen molar-refractivity contribution >= 4 is 5.82 Å². The second-order valence-corrected chi connectivity index (χ2v) is 5.74. The molecule has 1 aromatic rings. The van der Waals surface area contributed by atoms with E-state index in [2.05, 4.69) is 37.6 Å². The van der Waals surface area contributed by atoms with Crippen LogP contribution in [0.3, 0.4) is 0 Å². The predicted molar refractivity (Wildman–Crippen MR) is 63.3 cm³/mol. The van der Waals surface area contributed by atoms with E-state index in [4.69, 9.17) is 0 Å². The molecule has 4 heteroatoms. The Balaban J connectivity index is 1.75. The Bertz CT molecular complexity index is 500. The van der Waals surface area contributed by atoms with E-state index in [1.807, 2.05) is 0 Å². The van der Waals surface area contributed by atoms with Gasteiger partial charge in [-0.3, -0.25) is 0 Å². The van der Waals surface area contributed by atoms with Gasteiger partial charge in [0.1, 0.15) is 12.6 Å². The maximum atomic E-state index is 2.68. The molecule has 0 spiro atoms. The molecule has 2 saturated heterocycles. The highest BCUT2D eigenvalue weighted by Gasteiger charge is 2.57. The lowest BCUT2D eigenvalue weighted by Crippen LogP contribution is -2.59. The van der Waals surface area contributed by atoms with Gasteiger partial charge in [0.15, 0.2) is 0 Å². The van der Waals surface area contributed by atoms with Gasteiger partial charge in [0.2, 0.25) is 6.29 Å². The summed E-state index contributed by atoms with van der Waals surface area (Å²) in [5.41, 5.74) is 1.52. The van der Waals surface area contributed by atoms with E-state index in [1.54, 1.807) is 0 Å². The average Bonchev–Trinajstić information content (AvgIpc) is 2.86. The summed E-state index contributed by atoms with van der Waals surface area (Å²) >= 11 is 0. The van der Waals surface area contributed by atoms with Gasteiger partial charge in [-0.2, -0.15) is 0 Å². The maximum Gasteiger partial charge on any atom is 0.284 e. The Labute approximate surface area is 101 Å². The molecule has 2 fully saturated rings. The van der Waals surface area contributed by atoms with E-state index in [0.717, 1.165) is 6.54 Å². The monoisotopic (exact) mass is 229 g/mol. The van der Waals surface area contributed by atoms with Crippen molar-refractivity contribution in [3.63, 3.8) is 0 Å². The van der Waals surface area contributed by atoms with Crippen LogP contribution in [0.15, 0.2) is 18.3 Å². The maximum absolute atomic E-state index is 2.68. The second-order valence-electron chi connectivity index (χ2n) is 5.74. The van der Waals surface area contributed by atoms with Crippen molar-refractivity contribution in [1.29, 1.82) is 0 Å². The van der Waals surface area contributed by atoms with Crippen LogP contribution in [0.1, 0.15) is 12.0 Å². The molecule has 2 atom stereocenters. The lowest BCUT2D eigenvalue weighted by atomic mass is 10.1. The van der Waals surface area contributed by atoms with Gasteiger partial charge >= 0.3 is 0 Å². The van der Waals surface area contributed by atoms with Gasteiger partial charge in [0, 0.05) is 26.2 Å². The van der Waals surface area contributed by atoms with Crippen LogP contribution in [-0.4, -0.2) is 41.8 Å². The molecule has 1 aromatic heterocycles. The van der Waals surface area contributed by atoms with Crippen molar-refractivity contribution in [2.24, 2.45) is 0 Å². The number of aromatic nitrogens is 1. The van der Waals surface area contributed by atoms with E-state index in [1.165, 1.54) is 44.0 Å². The summed E-state index contributed by atoms with van der Waals surface area (Å²) in [6.45, 7) is 6.13. The van der Waals surface area contributed by atoms with Crippen molar-refractivity contribution in [3.8, 4) is 0 Å². The van der Waals surface area contributed by atoms with Crippen molar-refractivity contribution in [2.75, 3.05) is 24.5 Å². The van der Waals surface area contributed by atoms with Crippen molar-refractivity contribution in [1.82, 2.24) is 9.80 Å². The molecule has 4 aliphatic rings. The number of pyridine rings is 1. The minimum atomic E-state index is 0.567. The summed E-state index contributed by atoms with van der Waals surface area (Å²) in [6, 6.07) is 5.23. The zero-order valence-corrected chi connectivity index (χ0v) is 9.92. The summed E-state index contributed by atoms with van der Waals surface area (Å²) in [6.07, 6.45) is 4.15. The molecule has 0 aromatic carbocycles. The normalized spacial score (nSPS) is 34.2. The van der Waals surface area contributed by atoms with E-state index in [-0.39, 0.29) is 0 Å². The van der Waals surface area contributed by atoms with Crippen molar-refractivity contribution in [3.05, 3.63) is 23.9 Å². The lowest BCUT2D eigenvalue weighted by Gasteiger charge is -2.42. The van der Waals surface area contributed by atoms with Crippen LogP contribution < -0.4 is 9.47 Å². The molecule has 0 N–H and O–H groups in total. The molecule has 17 heavy (non-hydrogen) atoms. The molecular formula is C13H17N4+. The van der Waals surface area contributed by atoms with Gasteiger partial charge in [0.05, 0.1) is 11.8 Å². The zero-order valence-electron chi connectivity index (χ0n) is 9.92. The molecule has 4 nitrogen and oxygen atoms in total. The smallest absolute Gasteiger partial charge is 0.247 e. The highest BCUT2D eigenvalue weighted by molar-refractivity contribution is 5.50. The lowest BCUT2D eigenvalue weighted by molar-refractivity contribution is -0.674. The molecule has 0 amide bonds. The molecule has 0 radical (unpaired) electrons. The Morgan fingerprint density at radius 1 is 1.24 bits per heavy atom. The van der Waals surface area contributed by atoms with Crippen LogP contribution in [0.2, 0.25) is 0 Å². The molecule has 88 valence electrons. The first-order valence-corrected chi connectivity index (χ1v) is 6.69. The Hall–Kier alpha value is -1.13. The molecular weight excluding hydrogens is 212 g/mol. The quantitative estimate of drug-likeness (QED) is 0.581. The van der Waals surface area contributed by atoms with Crippen LogP contribution in [0.25, 0.3) is 0 Å². The highest BCUT2D eigenvalue weighted by atomic mass is 15.6. The molecule has 5 heterocycles. The van der Waals surface area contributed by atoms with E-state index < -0.39 is 0 Å². The van der Waals surface area contributed by atoms with Gasteiger partial charge in [-0.05, 0) is 18.6 Å². The number of hydrogen-bond acceptors (Lipinski definition) is 3. The highest BCUT2D eigenvalue weighted by Crippen LogP contribution is 2.40. The minimum absolute atomic E-state index is 0.567. The first-order valence-electron chi connectivity index (χ1n) is 6.69. The third kappa shape index (κ3) is 0.952. The number of anilines is 1. The summed E-state index contributed by atoms with van der Waals surface area (Å²) in [4.78, 5) is 8.01. The molecule has 0 aliphatic carbocycles. The predicted octanol–water partition coefficient (Wildman–Crippen LogP) is -0.0188. The Kier molecular flexibility index (Phi) is 1.47. The number of nitrogens with zero attached hydrogens (tertiary/aromatic N) is 4. The fourth-order valence-electron chi connectivity index (χ4n) is 4.24.